The normalized spacial score (nSPS) is 10.9. The van der Waals surface area contributed by atoms with Crippen molar-refractivity contribution in [2.24, 2.45) is 0 Å². The Morgan fingerprint density at radius 2 is 1.81 bits per heavy atom. The van der Waals surface area contributed by atoms with Crippen LogP contribution in [0.5, 0.6) is 11.5 Å². The molecule has 0 aliphatic carbocycles. The molecule has 4 heteroatoms. The highest BCUT2D eigenvalue weighted by molar-refractivity contribution is 5.39. The molecule has 0 bridgehead atoms. The highest BCUT2D eigenvalue weighted by atomic mass is 16.5. The van der Waals surface area contributed by atoms with Crippen LogP contribution in [0.15, 0.2) is 41.0 Å². The zero-order valence-electron chi connectivity index (χ0n) is 12.9. The van der Waals surface area contributed by atoms with Crippen molar-refractivity contribution in [2.45, 2.75) is 40.0 Å². The van der Waals surface area contributed by atoms with Crippen LogP contribution in [0.3, 0.4) is 0 Å². The van der Waals surface area contributed by atoms with Gasteiger partial charge in [-0.25, -0.2) is 0 Å². The smallest absolute Gasteiger partial charge is 0.161 e. The first-order valence-corrected chi connectivity index (χ1v) is 7.34. The van der Waals surface area contributed by atoms with Gasteiger partial charge in [0.05, 0.1) is 19.4 Å². The molecule has 2 rings (SSSR count). The van der Waals surface area contributed by atoms with Crippen LogP contribution in [-0.4, -0.2) is 12.6 Å². The lowest BCUT2D eigenvalue weighted by molar-refractivity contribution is 0.266. The van der Waals surface area contributed by atoms with Crippen LogP contribution in [0.2, 0.25) is 0 Å². The molecule has 0 radical (unpaired) electrons. The number of rotatable bonds is 8. The first-order chi connectivity index (χ1) is 10.2. The number of hydrogen-bond donors (Lipinski definition) is 1. The van der Waals surface area contributed by atoms with E-state index in [1.54, 1.807) is 6.26 Å². The largest absolute Gasteiger partial charge is 0.490 e. The zero-order valence-corrected chi connectivity index (χ0v) is 12.9. The molecule has 114 valence electrons. The van der Waals surface area contributed by atoms with E-state index in [-0.39, 0.29) is 0 Å². The molecule has 0 unspecified atom stereocenters. The molecule has 1 heterocycles. The lowest BCUT2D eigenvalue weighted by Crippen LogP contribution is -2.22. The molecule has 0 fully saturated rings. The molecule has 4 nitrogen and oxygen atoms in total. The van der Waals surface area contributed by atoms with E-state index in [0.29, 0.717) is 25.8 Å². The van der Waals surface area contributed by atoms with Gasteiger partial charge in [-0.1, -0.05) is 26.0 Å². The average Bonchev–Trinajstić information content (AvgIpc) is 2.92. The van der Waals surface area contributed by atoms with E-state index in [9.17, 15) is 0 Å². The molecule has 0 amide bonds. The Bertz CT molecular complexity index is 548. The maximum atomic E-state index is 5.87. The second-order valence-corrected chi connectivity index (χ2v) is 5.07. The van der Waals surface area contributed by atoms with Gasteiger partial charge in [0, 0.05) is 11.6 Å². The molecule has 0 aliphatic heterocycles. The Balaban J connectivity index is 1.99. The van der Waals surface area contributed by atoms with E-state index < -0.39 is 0 Å². The standard InChI is InChI=1S/C17H23NO3/c1-4-19-15-7-5-6-8-16(15)21-12-14-9-10-20-17(14)11-18-13(2)3/h5-10,13,18H,4,11-12H2,1-3H3. The van der Waals surface area contributed by atoms with E-state index in [4.69, 9.17) is 13.9 Å². The van der Waals surface area contributed by atoms with E-state index in [2.05, 4.69) is 19.2 Å². The third kappa shape index (κ3) is 4.53. The Kier molecular flexibility index (Phi) is 5.69. The summed E-state index contributed by atoms with van der Waals surface area (Å²) in [6.45, 7) is 7.97. The predicted molar refractivity (Wildman–Crippen MR) is 82.6 cm³/mol. The summed E-state index contributed by atoms with van der Waals surface area (Å²) in [6.07, 6.45) is 1.70. The zero-order chi connectivity index (χ0) is 15.1. The number of furan rings is 1. The van der Waals surface area contributed by atoms with Gasteiger partial charge in [0.1, 0.15) is 12.4 Å². The number of hydrogen-bond acceptors (Lipinski definition) is 4. The number of nitrogens with one attached hydrogen (secondary N) is 1. The predicted octanol–water partition coefficient (Wildman–Crippen LogP) is 3.76. The lowest BCUT2D eigenvalue weighted by atomic mass is 10.2. The Morgan fingerprint density at radius 1 is 1.10 bits per heavy atom. The minimum Gasteiger partial charge on any atom is -0.490 e. The van der Waals surface area contributed by atoms with Crippen LogP contribution in [0.1, 0.15) is 32.1 Å². The highest BCUT2D eigenvalue weighted by Gasteiger charge is 2.09. The first kappa shape index (κ1) is 15.4. The summed E-state index contributed by atoms with van der Waals surface area (Å²) in [7, 11) is 0. The average molecular weight is 289 g/mol. The molecule has 1 aromatic heterocycles. The van der Waals surface area contributed by atoms with Gasteiger partial charge >= 0.3 is 0 Å². The third-order valence-corrected chi connectivity index (χ3v) is 3.04. The van der Waals surface area contributed by atoms with E-state index in [1.807, 2.05) is 37.3 Å². The molecule has 1 aromatic carbocycles. The topological polar surface area (TPSA) is 43.6 Å². The molecule has 2 aromatic rings. The van der Waals surface area contributed by atoms with Crippen molar-refractivity contribution >= 4 is 0 Å². The van der Waals surface area contributed by atoms with Crippen molar-refractivity contribution in [3.05, 3.63) is 47.9 Å². The Hall–Kier alpha value is -1.94. The van der Waals surface area contributed by atoms with E-state index in [0.717, 1.165) is 22.8 Å². The molecular weight excluding hydrogens is 266 g/mol. The third-order valence-electron chi connectivity index (χ3n) is 3.04. The summed E-state index contributed by atoms with van der Waals surface area (Å²) >= 11 is 0. The van der Waals surface area contributed by atoms with Gasteiger partial charge in [-0.2, -0.15) is 0 Å². The summed E-state index contributed by atoms with van der Waals surface area (Å²) in [4.78, 5) is 0. The molecule has 0 atom stereocenters. The Labute approximate surface area is 126 Å². The van der Waals surface area contributed by atoms with Crippen molar-refractivity contribution in [1.82, 2.24) is 5.32 Å². The van der Waals surface area contributed by atoms with Gasteiger partial charge in [0.25, 0.3) is 0 Å². The minimum absolute atomic E-state index is 0.419. The summed E-state index contributed by atoms with van der Waals surface area (Å²) in [5.74, 6) is 2.44. The summed E-state index contributed by atoms with van der Waals surface area (Å²) in [5, 5.41) is 3.34. The molecule has 0 spiro atoms. The Morgan fingerprint density at radius 3 is 2.48 bits per heavy atom. The fourth-order valence-corrected chi connectivity index (χ4v) is 1.95. The van der Waals surface area contributed by atoms with Crippen LogP contribution in [-0.2, 0) is 13.2 Å². The second kappa shape index (κ2) is 7.74. The summed E-state index contributed by atoms with van der Waals surface area (Å²) < 4.78 is 16.9. The van der Waals surface area contributed by atoms with Crippen molar-refractivity contribution in [2.75, 3.05) is 6.61 Å². The quantitative estimate of drug-likeness (QED) is 0.803. The van der Waals surface area contributed by atoms with Crippen LogP contribution in [0.25, 0.3) is 0 Å². The van der Waals surface area contributed by atoms with Crippen LogP contribution >= 0.6 is 0 Å². The highest BCUT2D eigenvalue weighted by Crippen LogP contribution is 2.27. The summed E-state index contributed by atoms with van der Waals surface area (Å²) in [6, 6.07) is 10.1. The summed E-state index contributed by atoms with van der Waals surface area (Å²) in [5.41, 5.74) is 1.05. The van der Waals surface area contributed by atoms with Crippen molar-refractivity contribution < 1.29 is 13.9 Å². The molecule has 0 saturated heterocycles. The van der Waals surface area contributed by atoms with Crippen LogP contribution in [0.4, 0.5) is 0 Å². The van der Waals surface area contributed by atoms with Gasteiger partial charge in [-0.15, -0.1) is 0 Å². The van der Waals surface area contributed by atoms with E-state index in [1.165, 1.54) is 0 Å². The maximum Gasteiger partial charge on any atom is 0.161 e. The SMILES string of the molecule is CCOc1ccccc1OCc1ccoc1CNC(C)C. The van der Waals surface area contributed by atoms with Crippen molar-refractivity contribution in [3.63, 3.8) is 0 Å². The van der Waals surface area contributed by atoms with Gasteiger partial charge < -0.3 is 19.2 Å². The maximum absolute atomic E-state index is 5.87. The van der Waals surface area contributed by atoms with Crippen LogP contribution in [0, 0.1) is 0 Å². The van der Waals surface area contributed by atoms with Gasteiger partial charge in [0.2, 0.25) is 0 Å². The van der Waals surface area contributed by atoms with Crippen molar-refractivity contribution in [3.8, 4) is 11.5 Å². The molecular formula is C17H23NO3. The monoisotopic (exact) mass is 289 g/mol. The fraction of sp³-hybridized carbons (Fsp3) is 0.412. The number of benzene rings is 1. The van der Waals surface area contributed by atoms with Crippen LogP contribution < -0.4 is 14.8 Å². The number of para-hydroxylation sites is 2. The van der Waals surface area contributed by atoms with Gasteiger partial charge in [-0.05, 0) is 25.1 Å². The molecule has 21 heavy (non-hydrogen) atoms. The van der Waals surface area contributed by atoms with E-state index >= 15 is 0 Å². The molecule has 0 aliphatic rings. The first-order valence-electron chi connectivity index (χ1n) is 7.34. The molecule has 1 N–H and O–H groups in total. The minimum atomic E-state index is 0.419. The fourth-order valence-electron chi connectivity index (χ4n) is 1.95. The lowest BCUT2D eigenvalue weighted by Gasteiger charge is -2.12. The van der Waals surface area contributed by atoms with Gasteiger partial charge in [0.15, 0.2) is 11.5 Å². The van der Waals surface area contributed by atoms with Gasteiger partial charge in [-0.3, -0.25) is 0 Å². The number of ether oxygens (including phenoxy) is 2. The van der Waals surface area contributed by atoms with Crippen molar-refractivity contribution in [1.29, 1.82) is 0 Å². The molecule has 0 saturated carbocycles. The second-order valence-electron chi connectivity index (χ2n) is 5.07.